The Morgan fingerprint density at radius 1 is 1.18 bits per heavy atom. The zero-order valence-corrected chi connectivity index (χ0v) is 14.6. The van der Waals surface area contributed by atoms with Gasteiger partial charge in [0.15, 0.2) is 11.5 Å². The van der Waals surface area contributed by atoms with Crippen molar-refractivity contribution in [3.63, 3.8) is 0 Å². The van der Waals surface area contributed by atoms with Gasteiger partial charge in [-0.1, -0.05) is 18.2 Å². The SMILES string of the molecule is O=C(OCc1cnn(-c2ccccc2)c1)c1cc2c(cc1[N+](=O)[O-])OCCO2. The zero-order valence-electron chi connectivity index (χ0n) is 14.6. The summed E-state index contributed by atoms with van der Waals surface area (Å²) in [6.07, 6.45) is 3.29. The average Bonchev–Trinajstić information content (AvgIpc) is 3.20. The molecule has 2 heterocycles. The molecule has 0 atom stereocenters. The molecular formula is C19H15N3O6. The summed E-state index contributed by atoms with van der Waals surface area (Å²) >= 11 is 0. The van der Waals surface area contributed by atoms with Crippen molar-refractivity contribution < 1.29 is 23.9 Å². The van der Waals surface area contributed by atoms with Crippen LogP contribution in [0.1, 0.15) is 15.9 Å². The molecule has 4 rings (SSSR count). The molecule has 1 aromatic heterocycles. The zero-order chi connectivity index (χ0) is 19.5. The van der Waals surface area contributed by atoms with Gasteiger partial charge in [0.1, 0.15) is 25.4 Å². The number of esters is 1. The van der Waals surface area contributed by atoms with Gasteiger partial charge >= 0.3 is 5.97 Å². The lowest BCUT2D eigenvalue weighted by atomic mass is 10.1. The number of aromatic nitrogens is 2. The maximum absolute atomic E-state index is 12.5. The second-order valence-corrected chi connectivity index (χ2v) is 5.97. The summed E-state index contributed by atoms with van der Waals surface area (Å²) in [5, 5.41) is 15.6. The van der Waals surface area contributed by atoms with E-state index in [4.69, 9.17) is 14.2 Å². The van der Waals surface area contributed by atoms with Gasteiger partial charge in [-0.25, -0.2) is 9.48 Å². The van der Waals surface area contributed by atoms with Crippen LogP contribution in [0.5, 0.6) is 11.5 Å². The number of hydrogen-bond acceptors (Lipinski definition) is 7. The number of nitrogens with zero attached hydrogens (tertiary/aromatic N) is 3. The van der Waals surface area contributed by atoms with E-state index < -0.39 is 16.6 Å². The van der Waals surface area contributed by atoms with Crippen molar-refractivity contribution in [2.24, 2.45) is 0 Å². The van der Waals surface area contributed by atoms with Crippen molar-refractivity contribution >= 4 is 11.7 Å². The number of nitro groups is 1. The molecule has 0 bridgehead atoms. The number of para-hydroxylation sites is 1. The highest BCUT2D eigenvalue weighted by Crippen LogP contribution is 2.36. The van der Waals surface area contributed by atoms with Crippen LogP contribution < -0.4 is 9.47 Å². The Balaban J connectivity index is 1.51. The first-order valence-corrected chi connectivity index (χ1v) is 8.46. The third-order valence-electron chi connectivity index (χ3n) is 4.10. The van der Waals surface area contributed by atoms with Gasteiger partial charge in [-0.05, 0) is 12.1 Å². The topological polar surface area (TPSA) is 106 Å². The first-order chi connectivity index (χ1) is 13.6. The highest BCUT2D eigenvalue weighted by atomic mass is 16.6. The van der Waals surface area contributed by atoms with Crippen LogP contribution in [-0.4, -0.2) is 33.9 Å². The molecule has 9 nitrogen and oxygen atoms in total. The van der Waals surface area contributed by atoms with E-state index in [9.17, 15) is 14.9 Å². The Morgan fingerprint density at radius 3 is 2.61 bits per heavy atom. The molecule has 2 aromatic carbocycles. The van der Waals surface area contributed by atoms with Gasteiger partial charge in [-0.15, -0.1) is 0 Å². The third kappa shape index (κ3) is 3.50. The average molecular weight is 381 g/mol. The molecule has 0 N–H and O–H groups in total. The van der Waals surface area contributed by atoms with E-state index in [0.29, 0.717) is 18.8 Å². The predicted molar refractivity (Wildman–Crippen MR) is 96.8 cm³/mol. The van der Waals surface area contributed by atoms with E-state index in [0.717, 1.165) is 5.69 Å². The largest absolute Gasteiger partial charge is 0.486 e. The number of benzene rings is 2. The Kier molecular flexibility index (Phi) is 4.63. The Labute approximate surface area is 159 Å². The predicted octanol–water partition coefficient (Wildman–Crippen LogP) is 2.91. The lowest BCUT2D eigenvalue weighted by Crippen LogP contribution is -2.17. The summed E-state index contributed by atoms with van der Waals surface area (Å²) in [6, 6.07) is 11.9. The van der Waals surface area contributed by atoms with E-state index >= 15 is 0 Å². The van der Waals surface area contributed by atoms with Gasteiger partial charge < -0.3 is 14.2 Å². The maximum atomic E-state index is 12.5. The fourth-order valence-electron chi connectivity index (χ4n) is 2.78. The van der Waals surface area contributed by atoms with Gasteiger partial charge in [0.25, 0.3) is 5.69 Å². The van der Waals surface area contributed by atoms with E-state index in [1.54, 1.807) is 17.1 Å². The van der Waals surface area contributed by atoms with Gasteiger partial charge in [0, 0.05) is 17.8 Å². The van der Waals surface area contributed by atoms with Crippen molar-refractivity contribution in [1.82, 2.24) is 9.78 Å². The maximum Gasteiger partial charge on any atom is 0.345 e. The number of carbonyl (C=O) groups excluding carboxylic acids is 1. The monoisotopic (exact) mass is 381 g/mol. The Morgan fingerprint density at radius 2 is 1.89 bits per heavy atom. The van der Waals surface area contributed by atoms with Crippen LogP contribution in [0.2, 0.25) is 0 Å². The smallest absolute Gasteiger partial charge is 0.345 e. The molecule has 0 aliphatic carbocycles. The highest BCUT2D eigenvalue weighted by Gasteiger charge is 2.27. The van der Waals surface area contributed by atoms with E-state index in [-0.39, 0.29) is 23.7 Å². The lowest BCUT2D eigenvalue weighted by molar-refractivity contribution is -0.385. The molecule has 0 spiro atoms. The minimum absolute atomic E-state index is 0.0722. The van der Waals surface area contributed by atoms with Gasteiger partial charge in [-0.3, -0.25) is 10.1 Å². The number of hydrogen-bond donors (Lipinski definition) is 0. The first-order valence-electron chi connectivity index (χ1n) is 8.46. The van der Waals surface area contributed by atoms with Crippen LogP contribution in [-0.2, 0) is 11.3 Å². The van der Waals surface area contributed by atoms with Crippen LogP contribution >= 0.6 is 0 Å². The standard InChI is InChI=1S/C19H15N3O6/c23-19(15-8-17-18(27-7-6-26-17)9-16(15)22(24)25)28-12-13-10-20-21(11-13)14-4-2-1-3-5-14/h1-5,8-11H,6-7,12H2. The number of ether oxygens (including phenoxy) is 3. The summed E-state index contributed by atoms with van der Waals surface area (Å²) in [6.45, 7) is 0.522. The second kappa shape index (κ2) is 7.39. The first kappa shape index (κ1) is 17.5. The van der Waals surface area contributed by atoms with Crippen LogP contribution in [0.25, 0.3) is 5.69 Å². The van der Waals surface area contributed by atoms with Crippen molar-refractivity contribution in [3.05, 3.63) is 76.1 Å². The fraction of sp³-hybridized carbons (Fsp3) is 0.158. The number of nitro benzene ring substituents is 1. The van der Waals surface area contributed by atoms with Crippen LogP contribution in [0, 0.1) is 10.1 Å². The normalized spacial score (nSPS) is 12.4. The molecule has 1 aliphatic heterocycles. The van der Waals surface area contributed by atoms with Crippen LogP contribution in [0.15, 0.2) is 54.9 Å². The molecule has 0 radical (unpaired) electrons. The molecule has 9 heteroatoms. The van der Waals surface area contributed by atoms with Crippen molar-refractivity contribution in [2.75, 3.05) is 13.2 Å². The molecule has 3 aromatic rings. The quantitative estimate of drug-likeness (QED) is 0.380. The molecule has 0 unspecified atom stereocenters. The van der Waals surface area contributed by atoms with Gasteiger partial charge in [0.2, 0.25) is 0 Å². The number of carbonyl (C=O) groups is 1. The third-order valence-corrected chi connectivity index (χ3v) is 4.10. The van der Waals surface area contributed by atoms with E-state index in [1.165, 1.54) is 12.1 Å². The summed E-state index contributed by atoms with van der Waals surface area (Å²) in [5.41, 5.74) is 0.930. The van der Waals surface area contributed by atoms with E-state index in [1.807, 2.05) is 30.3 Å². The van der Waals surface area contributed by atoms with E-state index in [2.05, 4.69) is 5.10 Å². The molecule has 0 amide bonds. The molecule has 0 saturated heterocycles. The highest BCUT2D eigenvalue weighted by molar-refractivity contribution is 5.95. The Hall–Kier alpha value is -3.88. The molecule has 0 saturated carbocycles. The van der Waals surface area contributed by atoms with Gasteiger partial charge in [0.05, 0.1) is 22.9 Å². The summed E-state index contributed by atoms with van der Waals surface area (Å²) in [4.78, 5) is 23.1. The van der Waals surface area contributed by atoms with Crippen molar-refractivity contribution in [3.8, 4) is 17.2 Å². The molecular weight excluding hydrogens is 366 g/mol. The minimum Gasteiger partial charge on any atom is -0.486 e. The number of fused-ring (bicyclic) bond motifs is 1. The summed E-state index contributed by atoms with van der Waals surface area (Å²) < 4.78 is 17.6. The minimum atomic E-state index is -0.823. The fourth-order valence-corrected chi connectivity index (χ4v) is 2.78. The number of rotatable bonds is 5. The van der Waals surface area contributed by atoms with Gasteiger partial charge in [-0.2, -0.15) is 5.10 Å². The summed E-state index contributed by atoms with van der Waals surface area (Å²) in [7, 11) is 0. The van der Waals surface area contributed by atoms with Crippen molar-refractivity contribution in [1.29, 1.82) is 0 Å². The summed E-state index contributed by atoms with van der Waals surface area (Å²) in [5.74, 6) is -0.310. The molecule has 0 fully saturated rings. The van der Waals surface area contributed by atoms with Crippen LogP contribution in [0.3, 0.4) is 0 Å². The molecule has 28 heavy (non-hydrogen) atoms. The van der Waals surface area contributed by atoms with Crippen molar-refractivity contribution in [2.45, 2.75) is 6.61 Å². The van der Waals surface area contributed by atoms with Crippen LogP contribution in [0.4, 0.5) is 5.69 Å². The lowest BCUT2D eigenvalue weighted by Gasteiger charge is -2.18. The Bertz CT molecular complexity index is 1030. The molecule has 1 aliphatic rings. The molecule has 142 valence electrons. The second-order valence-electron chi connectivity index (χ2n) is 5.97.